The number of hydrogen-bond donors (Lipinski definition) is 1. The van der Waals surface area contributed by atoms with E-state index in [2.05, 4.69) is 15.3 Å². The van der Waals surface area contributed by atoms with E-state index in [1.165, 1.54) is 18.5 Å². The molecular formula is C28H25F2N7O. The summed E-state index contributed by atoms with van der Waals surface area (Å²) >= 11 is 0. The highest BCUT2D eigenvalue weighted by molar-refractivity contribution is 5.92. The van der Waals surface area contributed by atoms with Gasteiger partial charge in [0.1, 0.15) is 41.0 Å². The molecule has 1 N–H and O–H groups in total. The van der Waals surface area contributed by atoms with Gasteiger partial charge in [0.05, 0.1) is 18.7 Å². The van der Waals surface area contributed by atoms with Crippen LogP contribution in [0.4, 0.5) is 20.4 Å². The van der Waals surface area contributed by atoms with Crippen molar-refractivity contribution in [2.75, 3.05) is 11.9 Å². The Morgan fingerprint density at radius 2 is 1.84 bits per heavy atom. The number of fused-ring (bicyclic) bond motifs is 2. The van der Waals surface area contributed by atoms with Crippen LogP contribution >= 0.6 is 0 Å². The van der Waals surface area contributed by atoms with E-state index in [1.807, 2.05) is 37.3 Å². The smallest absolute Gasteiger partial charge is 0.182 e. The summed E-state index contributed by atoms with van der Waals surface area (Å²) in [7, 11) is 0. The Hall–Kier alpha value is -4.47. The van der Waals surface area contributed by atoms with Crippen LogP contribution in [-0.4, -0.2) is 36.3 Å². The van der Waals surface area contributed by atoms with Crippen LogP contribution in [0.1, 0.15) is 35.9 Å². The summed E-state index contributed by atoms with van der Waals surface area (Å²) in [6.07, 6.45) is 4.20. The van der Waals surface area contributed by atoms with Gasteiger partial charge < -0.3 is 10.1 Å². The molecule has 1 aliphatic carbocycles. The van der Waals surface area contributed by atoms with Gasteiger partial charge in [-0.2, -0.15) is 5.10 Å². The van der Waals surface area contributed by atoms with Gasteiger partial charge in [0, 0.05) is 46.1 Å². The lowest BCUT2D eigenvalue weighted by atomic mass is 10.1. The Morgan fingerprint density at radius 1 is 1.03 bits per heavy atom. The van der Waals surface area contributed by atoms with Crippen LogP contribution in [-0.2, 0) is 19.4 Å². The van der Waals surface area contributed by atoms with Crippen LogP contribution in [0.25, 0.3) is 22.4 Å². The van der Waals surface area contributed by atoms with Gasteiger partial charge in [-0.1, -0.05) is 18.2 Å². The lowest BCUT2D eigenvalue weighted by Crippen LogP contribution is -2.08. The largest absolute Gasteiger partial charge is 0.494 e. The molecule has 0 amide bonds. The van der Waals surface area contributed by atoms with Crippen molar-refractivity contribution in [3.05, 3.63) is 82.9 Å². The van der Waals surface area contributed by atoms with Gasteiger partial charge in [-0.25, -0.2) is 28.7 Å². The van der Waals surface area contributed by atoms with E-state index in [-0.39, 0.29) is 17.9 Å². The minimum atomic E-state index is -0.685. The van der Waals surface area contributed by atoms with Crippen molar-refractivity contribution in [3.8, 4) is 17.3 Å². The maximum atomic E-state index is 14.9. The van der Waals surface area contributed by atoms with Crippen molar-refractivity contribution < 1.29 is 13.5 Å². The molecule has 0 unspecified atom stereocenters. The molecule has 192 valence electrons. The molecule has 2 aromatic carbocycles. The van der Waals surface area contributed by atoms with Crippen LogP contribution in [0, 0.1) is 18.6 Å². The highest BCUT2D eigenvalue weighted by Crippen LogP contribution is 2.33. The topological polar surface area (TPSA) is 90.6 Å². The first-order valence-electron chi connectivity index (χ1n) is 12.5. The number of para-hydroxylation sites is 1. The van der Waals surface area contributed by atoms with Crippen LogP contribution in [0.15, 0.2) is 48.8 Å². The Labute approximate surface area is 217 Å². The highest BCUT2D eigenvalue weighted by atomic mass is 19.1. The molecule has 0 saturated heterocycles. The molecule has 0 atom stereocenters. The lowest BCUT2D eigenvalue weighted by molar-refractivity contribution is 0.335. The molecule has 0 bridgehead atoms. The number of rotatable bonds is 7. The maximum absolute atomic E-state index is 14.9. The second kappa shape index (κ2) is 9.77. The van der Waals surface area contributed by atoms with Gasteiger partial charge in [-0.05, 0) is 39.2 Å². The summed E-state index contributed by atoms with van der Waals surface area (Å²) in [5.41, 5.74) is 4.04. The number of nitrogens with zero attached hydrogens (tertiary/aromatic N) is 6. The fourth-order valence-electron chi connectivity index (χ4n) is 4.83. The summed E-state index contributed by atoms with van der Waals surface area (Å²) in [4.78, 5) is 18.2. The fourth-order valence-corrected chi connectivity index (χ4v) is 4.83. The molecule has 1 aliphatic rings. The third-order valence-corrected chi connectivity index (χ3v) is 6.59. The van der Waals surface area contributed by atoms with Gasteiger partial charge in [-0.15, -0.1) is 0 Å². The average Bonchev–Trinajstić information content (AvgIpc) is 3.52. The van der Waals surface area contributed by atoms with Crippen molar-refractivity contribution in [1.82, 2.24) is 29.7 Å². The Morgan fingerprint density at radius 3 is 2.63 bits per heavy atom. The molecule has 5 aromatic rings. The van der Waals surface area contributed by atoms with E-state index in [4.69, 9.17) is 19.8 Å². The number of nitrogens with one attached hydrogen (secondary N) is 1. The molecule has 38 heavy (non-hydrogen) atoms. The standard InChI is InChI=1S/C28H25F2N7O/c1-3-38-17-12-21(29)20(22(30)13-17)14-37-24-10-5-4-7-19(24)26(36-37)28-33-23-9-6-8-18(23)27(35-28)34-25-11-16(2)31-15-32-25/h4-5,7,10-13,15H,3,6,8-9,14H2,1-2H3,(H,31,32,33,34,35). The Kier molecular flexibility index (Phi) is 6.15. The molecule has 6 rings (SSSR count). The van der Waals surface area contributed by atoms with E-state index in [1.54, 1.807) is 11.6 Å². The fraction of sp³-hybridized carbons (Fsp3) is 0.250. The molecular weight excluding hydrogens is 488 g/mol. The molecule has 10 heteroatoms. The summed E-state index contributed by atoms with van der Waals surface area (Å²) in [5.74, 6) is 0.560. The predicted octanol–water partition coefficient (Wildman–Crippen LogP) is 5.55. The van der Waals surface area contributed by atoms with Crippen molar-refractivity contribution in [3.63, 3.8) is 0 Å². The second-order valence-electron chi connectivity index (χ2n) is 9.17. The van der Waals surface area contributed by atoms with Crippen molar-refractivity contribution in [2.45, 2.75) is 39.7 Å². The molecule has 8 nitrogen and oxygen atoms in total. The highest BCUT2D eigenvalue weighted by Gasteiger charge is 2.24. The van der Waals surface area contributed by atoms with Crippen LogP contribution < -0.4 is 10.1 Å². The molecule has 0 radical (unpaired) electrons. The normalized spacial score (nSPS) is 12.6. The van der Waals surface area contributed by atoms with E-state index in [0.29, 0.717) is 29.8 Å². The number of hydrogen-bond acceptors (Lipinski definition) is 7. The van der Waals surface area contributed by atoms with Crippen molar-refractivity contribution in [2.24, 2.45) is 0 Å². The summed E-state index contributed by atoms with van der Waals surface area (Å²) in [6.45, 7) is 3.88. The van der Waals surface area contributed by atoms with E-state index in [9.17, 15) is 8.78 Å². The zero-order valence-corrected chi connectivity index (χ0v) is 21.0. The first-order chi connectivity index (χ1) is 18.5. The number of ether oxygens (including phenoxy) is 1. The number of anilines is 2. The number of benzene rings is 2. The number of aromatic nitrogens is 6. The zero-order chi connectivity index (χ0) is 26.2. The monoisotopic (exact) mass is 513 g/mol. The molecule has 0 spiro atoms. The molecule has 0 aliphatic heterocycles. The minimum absolute atomic E-state index is 0.0929. The van der Waals surface area contributed by atoms with Gasteiger partial charge in [0.2, 0.25) is 0 Å². The number of halogens is 2. The Bertz CT molecular complexity index is 1640. The quantitative estimate of drug-likeness (QED) is 0.305. The lowest BCUT2D eigenvalue weighted by Gasteiger charge is -2.11. The van der Waals surface area contributed by atoms with Gasteiger partial charge in [0.25, 0.3) is 0 Å². The summed E-state index contributed by atoms with van der Waals surface area (Å²) < 4.78 is 36.6. The summed E-state index contributed by atoms with van der Waals surface area (Å²) in [6, 6.07) is 11.8. The van der Waals surface area contributed by atoms with Crippen molar-refractivity contribution >= 4 is 22.5 Å². The van der Waals surface area contributed by atoms with Gasteiger partial charge >= 0.3 is 0 Å². The van der Waals surface area contributed by atoms with E-state index < -0.39 is 11.6 Å². The van der Waals surface area contributed by atoms with Crippen LogP contribution in [0.5, 0.6) is 5.75 Å². The van der Waals surface area contributed by atoms with E-state index >= 15 is 0 Å². The SMILES string of the molecule is CCOc1cc(F)c(Cn2nc(-c3nc4c(c(Nc5cc(C)ncn5)n3)CCC4)c3ccccc32)c(F)c1. The first-order valence-corrected chi connectivity index (χ1v) is 12.5. The minimum Gasteiger partial charge on any atom is -0.494 e. The maximum Gasteiger partial charge on any atom is 0.182 e. The predicted molar refractivity (Wildman–Crippen MR) is 139 cm³/mol. The average molecular weight is 514 g/mol. The number of aryl methyl sites for hydroxylation is 2. The van der Waals surface area contributed by atoms with Gasteiger partial charge in [-0.3, -0.25) is 4.68 Å². The second-order valence-corrected chi connectivity index (χ2v) is 9.17. The molecule has 3 aromatic heterocycles. The Balaban J connectivity index is 1.43. The third kappa shape index (κ3) is 4.42. The summed E-state index contributed by atoms with van der Waals surface area (Å²) in [5, 5.41) is 8.88. The zero-order valence-electron chi connectivity index (χ0n) is 21.0. The third-order valence-electron chi connectivity index (χ3n) is 6.59. The van der Waals surface area contributed by atoms with Crippen LogP contribution in [0.3, 0.4) is 0 Å². The van der Waals surface area contributed by atoms with Gasteiger partial charge in [0.15, 0.2) is 5.82 Å². The molecule has 3 heterocycles. The molecule has 0 saturated carbocycles. The van der Waals surface area contributed by atoms with E-state index in [0.717, 1.165) is 47.1 Å². The van der Waals surface area contributed by atoms with Crippen LogP contribution in [0.2, 0.25) is 0 Å². The molecule has 0 fully saturated rings. The first kappa shape index (κ1) is 23.9. The van der Waals surface area contributed by atoms with Crippen molar-refractivity contribution in [1.29, 1.82) is 0 Å².